The molecule has 1 aliphatic heterocycles. The first-order chi connectivity index (χ1) is 5.29. The number of carbonyl (C=O) groups is 1. The lowest BCUT2D eigenvalue weighted by atomic mass is 10.1. The highest BCUT2D eigenvalue weighted by atomic mass is 16.1. The predicted molar refractivity (Wildman–Crippen MR) is 40.6 cm³/mol. The fourth-order valence-corrected chi connectivity index (χ4v) is 1.36. The minimum Gasteiger partial charge on any atom is -0.289 e. The molecule has 0 atom stereocenters. The van der Waals surface area contributed by atoms with Gasteiger partial charge in [0.05, 0.1) is 6.20 Å². The molecule has 0 saturated heterocycles. The Hall–Kier alpha value is -1.38. The third kappa shape index (κ3) is 0.808. The molecule has 2 heterocycles. The molecule has 0 radical (unpaired) electrons. The van der Waals surface area contributed by atoms with Gasteiger partial charge in [0, 0.05) is 0 Å². The van der Waals surface area contributed by atoms with Crippen molar-refractivity contribution in [2.24, 2.45) is 0 Å². The van der Waals surface area contributed by atoms with Gasteiger partial charge in [0.2, 0.25) is 5.78 Å². The fourth-order valence-electron chi connectivity index (χ4n) is 1.36. The van der Waals surface area contributed by atoms with Crippen LogP contribution in [0.2, 0.25) is 0 Å². The molecule has 56 valence electrons. The smallest absolute Gasteiger partial charge is 0.284 e. The van der Waals surface area contributed by atoms with Crippen LogP contribution in [0.5, 0.6) is 0 Å². The van der Waals surface area contributed by atoms with Crippen molar-refractivity contribution in [1.82, 2.24) is 0 Å². The minimum absolute atomic E-state index is 0.175. The van der Waals surface area contributed by atoms with E-state index >= 15 is 0 Å². The number of Topliss-reactive ketones (excluding diaryl/α,β-unsaturated/α-hetero) is 1. The first-order valence-corrected chi connectivity index (χ1v) is 3.57. The Morgan fingerprint density at radius 3 is 3.18 bits per heavy atom. The second kappa shape index (κ2) is 2.05. The van der Waals surface area contributed by atoms with Gasteiger partial charge in [-0.05, 0) is 18.6 Å². The maximum absolute atomic E-state index is 11.2. The number of aromatic amines is 1. The van der Waals surface area contributed by atoms with E-state index < -0.39 is 0 Å². The van der Waals surface area contributed by atoms with Crippen LogP contribution in [0.25, 0.3) is 0 Å². The summed E-state index contributed by atoms with van der Waals surface area (Å²) in [5, 5.41) is 2.99. The van der Waals surface area contributed by atoms with Crippen molar-refractivity contribution in [1.29, 1.82) is 0 Å². The molecule has 1 aromatic heterocycles. The zero-order valence-corrected chi connectivity index (χ0v) is 6.27. The third-order valence-electron chi connectivity index (χ3n) is 1.91. The molecule has 0 saturated carbocycles. The van der Waals surface area contributed by atoms with Crippen LogP contribution in [0.1, 0.15) is 15.9 Å². The number of carbonyl (C=O) groups excluding carboxylic acids is 1. The Labute approximate surface area is 64.5 Å². The second-order valence-corrected chi connectivity index (χ2v) is 2.69. The van der Waals surface area contributed by atoms with E-state index in [1.165, 1.54) is 0 Å². The molecule has 11 heavy (non-hydrogen) atoms. The van der Waals surface area contributed by atoms with Crippen LogP contribution in [-0.4, -0.2) is 12.3 Å². The summed E-state index contributed by atoms with van der Waals surface area (Å²) < 4.78 is 0. The molecule has 3 nitrogen and oxygen atoms in total. The van der Waals surface area contributed by atoms with Gasteiger partial charge in [0.25, 0.3) is 5.82 Å². The third-order valence-corrected chi connectivity index (χ3v) is 1.91. The quantitative estimate of drug-likeness (QED) is 0.580. The van der Waals surface area contributed by atoms with Crippen LogP contribution in [0.3, 0.4) is 0 Å². The zero-order valence-electron chi connectivity index (χ0n) is 6.27. The van der Waals surface area contributed by atoms with E-state index in [1.807, 2.05) is 19.2 Å². The Balaban J connectivity index is 2.68. The van der Waals surface area contributed by atoms with Crippen molar-refractivity contribution in [3.63, 3.8) is 0 Å². The number of rotatable bonds is 0. The van der Waals surface area contributed by atoms with Gasteiger partial charge in [-0.1, -0.05) is 0 Å². The van der Waals surface area contributed by atoms with Gasteiger partial charge < -0.3 is 0 Å². The Bertz CT molecular complexity index is 320. The summed E-state index contributed by atoms with van der Waals surface area (Å²) in [7, 11) is 0. The van der Waals surface area contributed by atoms with Crippen molar-refractivity contribution < 1.29 is 9.78 Å². The van der Waals surface area contributed by atoms with E-state index in [0.29, 0.717) is 6.54 Å². The van der Waals surface area contributed by atoms with E-state index in [0.717, 1.165) is 16.9 Å². The average Bonchev–Trinajstić information content (AvgIpc) is 2.34. The molecule has 0 unspecified atom stereocenters. The topological polar surface area (TPSA) is 43.2 Å². The number of aryl methyl sites for hydroxylation is 1. The normalized spacial score (nSPS) is 14.5. The molecule has 1 aliphatic rings. The first kappa shape index (κ1) is 6.34. The maximum atomic E-state index is 11.2. The number of ketones is 1. The molecule has 0 spiro atoms. The monoisotopic (exact) mass is 149 g/mol. The molecule has 0 amide bonds. The Morgan fingerprint density at radius 2 is 2.45 bits per heavy atom. The highest BCUT2D eigenvalue weighted by Gasteiger charge is 2.27. The molecule has 3 heteroatoms. The van der Waals surface area contributed by atoms with E-state index in [-0.39, 0.29) is 5.78 Å². The van der Waals surface area contributed by atoms with Crippen molar-refractivity contribution in [3.05, 3.63) is 23.4 Å². The summed E-state index contributed by atoms with van der Waals surface area (Å²) in [5.41, 5.74) is 1.85. The molecule has 0 fully saturated rings. The summed E-state index contributed by atoms with van der Waals surface area (Å²) in [5.74, 6) is 1.03. The lowest BCUT2D eigenvalue weighted by Crippen LogP contribution is -2.08. The summed E-state index contributed by atoms with van der Waals surface area (Å²) in [6.45, 7) is 2.37. The fraction of sp³-hybridized carbons (Fsp3) is 0.250. The highest BCUT2D eigenvalue weighted by Crippen LogP contribution is 2.18. The van der Waals surface area contributed by atoms with E-state index in [1.54, 1.807) is 0 Å². The van der Waals surface area contributed by atoms with Crippen molar-refractivity contribution in [2.75, 3.05) is 11.9 Å². The predicted octanol–water partition coefficient (Wildman–Crippen LogP) is 0.417. The summed E-state index contributed by atoms with van der Waals surface area (Å²) >= 11 is 0. The van der Waals surface area contributed by atoms with Crippen molar-refractivity contribution in [2.45, 2.75) is 6.92 Å². The Kier molecular flexibility index (Phi) is 1.18. The number of nitrogens with one attached hydrogen (secondary N) is 2. The molecule has 0 aliphatic carbocycles. The number of fused-ring (bicyclic) bond motifs is 1. The van der Waals surface area contributed by atoms with Gasteiger partial charge in [0.1, 0.15) is 12.1 Å². The van der Waals surface area contributed by atoms with Gasteiger partial charge >= 0.3 is 0 Å². The standard InChI is InChI=1S/C8H8N2O/c1-5-2-3-9-8-7(5)6(11)4-10-8/h2-3H,4H2,1H3,(H,9,10)/p+1. The highest BCUT2D eigenvalue weighted by molar-refractivity contribution is 6.07. The number of aromatic nitrogens is 1. The summed E-state index contributed by atoms with van der Waals surface area (Å²) in [6.07, 6.45) is 1.83. The molecule has 1 aromatic rings. The van der Waals surface area contributed by atoms with Crippen LogP contribution in [0.15, 0.2) is 12.3 Å². The van der Waals surface area contributed by atoms with Gasteiger partial charge in [-0.25, -0.2) is 4.98 Å². The number of hydrogen-bond acceptors (Lipinski definition) is 2. The molecule has 2 rings (SSSR count). The Morgan fingerprint density at radius 1 is 1.64 bits per heavy atom. The van der Waals surface area contributed by atoms with E-state index in [9.17, 15) is 4.79 Å². The number of anilines is 1. The van der Waals surface area contributed by atoms with Crippen molar-refractivity contribution in [3.8, 4) is 0 Å². The largest absolute Gasteiger partial charge is 0.289 e. The number of H-pyrrole nitrogens is 1. The average molecular weight is 149 g/mol. The lowest BCUT2D eigenvalue weighted by molar-refractivity contribution is -0.360. The van der Waals surface area contributed by atoms with E-state index in [2.05, 4.69) is 10.3 Å². The summed E-state index contributed by atoms with van der Waals surface area (Å²) in [6, 6.07) is 1.91. The first-order valence-electron chi connectivity index (χ1n) is 3.57. The van der Waals surface area contributed by atoms with Crippen LogP contribution in [0.4, 0.5) is 5.82 Å². The van der Waals surface area contributed by atoms with Gasteiger partial charge in [0.15, 0.2) is 0 Å². The minimum atomic E-state index is 0.175. The zero-order chi connectivity index (χ0) is 7.84. The number of hydrogen-bond donors (Lipinski definition) is 1. The maximum Gasteiger partial charge on any atom is 0.284 e. The lowest BCUT2D eigenvalue weighted by Gasteiger charge is -1.93. The van der Waals surface area contributed by atoms with Gasteiger partial charge in [-0.2, -0.15) is 0 Å². The van der Waals surface area contributed by atoms with Gasteiger partial charge in [-0.15, -0.1) is 0 Å². The molecule has 0 aromatic carbocycles. The van der Waals surface area contributed by atoms with Crippen LogP contribution < -0.4 is 10.3 Å². The van der Waals surface area contributed by atoms with Gasteiger partial charge in [-0.3, -0.25) is 10.1 Å². The summed E-state index contributed by atoms with van der Waals surface area (Å²) in [4.78, 5) is 14.2. The van der Waals surface area contributed by atoms with Crippen LogP contribution in [0, 0.1) is 6.92 Å². The molecule has 0 bridgehead atoms. The van der Waals surface area contributed by atoms with Crippen LogP contribution >= 0.6 is 0 Å². The molecular formula is C8H9N2O+. The molecule has 2 N–H and O–H groups in total. The van der Waals surface area contributed by atoms with Crippen molar-refractivity contribution >= 4 is 11.6 Å². The van der Waals surface area contributed by atoms with E-state index in [4.69, 9.17) is 0 Å². The second-order valence-electron chi connectivity index (χ2n) is 2.69. The van der Waals surface area contributed by atoms with Crippen LogP contribution in [-0.2, 0) is 0 Å². The number of pyridine rings is 1. The SMILES string of the molecule is Cc1cc[nH+]c2c1C(=O)CN2. The molecular weight excluding hydrogens is 140 g/mol.